The summed E-state index contributed by atoms with van der Waals surface area (Å²) >= 11 is 0. The second kappa shape index (κ2) is 11.7. The number of hydrogen-bond donors (Lipinski definition) is 0. The van der Waals surface area contributed by atoms with E-state index in [1.54, 1.807) is 0 Å². The van der Waals surface area contributed by atoms with Gasteiger partial charge >= 0.3 is 5.97 Å². The van der Waals surface area contributed by atoms with Crippen molar-refractivity contribution in [2.45, 2.75) is 84.8 Å². The first-order valence-electron chi connectivity index (χ1n) is 12.2. The number of unbranched alkanes of at least 4 members (excludes halogenated alkanes) is 1. The lowest BCUT2D eigenvalue weighted by Gasteiger charge is -2.37. The largest absolute Gasteiger partial charge is 0.460 e. The van der Waals surface area contributed by atoms with Gasteiger partial charge in [-0.2, -0.15) is 0 Å². The van der Waals surface area contributed by atoms with Crippen molar-refractivity contribution in [1.82, 2.24) is 0 Å². The van der Waals surface area contributed by atoms with Crippen LogP contribution in [0, 0.1) is 17.8 Å². The third-order valence-electron chi connectivity index (χ3n) is 6.84. The minimum Gasteiger partial charge on any atom is -0.460 e. The molecule has 4 atom stereocenters. The zero-order chi connectivity index (χ0) is 22.2. The molecule has 0 aliphatic heterocycles. The van der Waals surface area contributed by atoms with E-state index >= 15 is 0 Å². The fourth-order valence-electron chi connectivity index (χ4n) is 4.95. The fourth-order valence-corrected chi connectivity index (χ4v) is 4.95. The number of esters is 1. The Morgan fingerprint density at radius 2 is 1.97 bits per heavy atom. The molecule has 31 heavy (non-hydrogen) atoms. The van der Waals surface area contributed by atoms with Gasteiger partial charge < -0.3 is 9.47 Å². The summed E-state index contributed by atoms with van der Waals surface area (Å²) in [6.45, 7) is 9.35. The van der Waals surface area contributed by atoms with E-state index in [0.717, 1.165) is 44.1 Å². The highest BCUT2D eigenvalue weighted by Crippen LogP contribution is 2.36. The first-order valence-corrected chi connectivity index (χ1v) is 12.2. The quantitative estimate of drug-likeness (QED) is 0.324. The van der Waals surface area contributed by atoms with Crippen molar-refractivity contribution >= 4 is 12.0 Å². The molecule has 1 unspecified atom stereocenters. The molecular weight excluding hydrogens is 384 g/mol. The van der Waals surface area contributed by atoms with Gasteiger partial charge in [0.05, 0.1) is 6.61 Å². The van der Waals surface area contributed by atoms with Gasteiger partial charge in [-0.1, -0.05) is 83.0 Å². The highest BCUT2D eigenvalue weighted by atomic mass is 16.6. The number of carbonyl (C=O) groups excluding carboxylic acids is 1. The predicted octanol–water partition coefficient (Wildman–Crippen LogP) is 6.76. The molecule has 3 nitrogen and oxygen atoms in total. The lowest BCUT2D eigenvalue weighted by atomic mass is 9.75. The third-order valence-corrected chi connectivity index (χ3v) is 6.84. The first kappa shape index (κ1) is 23.8. The Morgan fingerprint density at radius 1 is 1.16 bits per heavy atom. The monoisotopic (exact) mass is 424 g/mol. The molecule has 3 heteroatoms. The minimum absolute atomic E-state index is 0.00513. The molecule has 1 saturated carbocycles. The molecule has 1 aromatic rings. The molecule has 0 amide bonds. The molecule has 0 aromatic heterocycles. The van der Waals surface area contributed by atoms with E-state index in [1.807, 2.05) is 6.08 Å². The average molecular weight is 425 g/mol. The van der Waals surface area contributed by atoms with Crippen LogP contribution in [0.1, 0.15) is 77.3 Å². The molecule has 1 fully saturated rings. The second-order valence-corrected chi connectivity index (χ2v) is 9.69. The van der Waals surface area contributed by atoms with Crippen molar-refractivity contribution in [3.8, 4) is 0 Å². The van der Waals surface area contributed by atoms with Crippen molar-refractivity contribution in [2.24, 2.45) is 17.8 Å². The van der Waals surface area contributed by atoms with Gasteiger partial charge in [0.25, 0.3) is 0 Å². The molecule has 170 valence electrons. The number of hydrogen-bond acceptors (Lipinski definition) is 3. The number of carbonyl (C=O) groups is 1. The van der Waals surface area contributed by atoms with Gasteiger partial charge in [0.15, 0.2) is 6.10 Å². The van der Waals surface area contributed by atoms with Crippen LogP contribution in [0.25, 0.3) is 6.08 Å². The molecule has 0 spiro atoms. The molecule has 3 rings (SSSR count). The average Bonchev–Trinajstić information content (AvgIpc) is 2.75. The summed E-state index contributed by atoms with van der Waals surface area (Å²) in [5, 5.41) is 0. The fraction of sp³-hybridized carbons (Fsp3) is 0.607. The Morgan fingerprint density at radius 3 is 2.74 bits per heavy atom. The van der Waals surface area contributed by atoms with Crippen LogP contribution in [-0.2, 0) is 20.7 Å². The summed E-state index contributed by atoms with van der Waals surface area (Å²) in [4.78, 5) is 13.4. The predicted molar refractivity (Wildman–Crippen MR) is 128 cm³/mol. The van der Waals surface area contributed by atoms with E-state index in [0.29, 0.717) is 24.4 Å². The Balaban J connectivity index is 1.77. The topological polar surface area (TPSA) is 35.5 Å². The van der Waals surface area contributed by atoms with Gasteiger partial charge in [-0.25, -0.2) is 4.79 Å². The SMILES string of the molecule is CCC/C=C/COC(C(=O)O[C@@H]1C[C@H](C)CC[C@H]1C(C)C)C1=Cc2ccccc2CC1. The summed E-state index contributed by atoms with van der Waals surface area (Å²) < 4.78 is 12.3. The standard InChI is InChI=1S/C28H40O3/c1-5-6-7-10-17-30-27(24-15-14-22-11-8-9-12-23(22)19-24)28(29)31-26-18-21(4)13-16-25(26)20(2)3/h7-12,19-21,25-27H,5-6,13-18H2,1-4H3/b10-7+/t21-,25+,26-,27?/m1/s1. The van der Waals surface area contributed by atoms with Gasteiger partial charge in [0.1, 0.15) is 6.10 Å². The van der Waals surface area contributed by atoms with Crippen molar-refractivity contribution in [1.29, 1.82) is 0 Å². The molecule has 2 aliphatic carbocycles. The summed E-state index contributed by atoms with van der Waals surface area (Å²) in [5.74, 6) is 1.35. The molecule has 0 heterocycles. The summed E-state index contributed by atoms with van der Waals surface area (Å²) in [6.07, 6.45) is 12.9. The molecule has 1 aromatic carbocycles. The van der Waals surface area contributed by atoms with Crippen LogP contribution in [0.4, 0.5) is 0 Å². The second-order valence-electron chi connectivity index (χ2n) is 9.69. The lowest BCUT2D eigenvalue weighted by molar-refractivity contribution is -0.166. The third kappa shape index (κ3) is 6.55. The van der Waals surface area contributed by atoms with Crippen LogP contribution >= 0.6 is 0 Å². The van der Waals surface area contributed by atoms with Crippen LogP contribution in [0.2, 0.25) is 0 Å². The van der Waals surface area contributed by atoms with Crippen LogP contribution in [0.5, 0.6) is 0 Å². The Kier molecular flexibility index (Phi) is 8.95. The van der Waals surface area contributed by atoms with Crippen molar-refractivity contribution < 1.29 is 14.3 Å². The summed E-state index contributed by atoms with van der Waals surface area (Å²) in [5.41, 5.74) is 3.57. The van der Waals surface area contributed by atoms with Crippen LogP contribution in [0.15, 0.2) is 42.0 Å². The van der Waals surface area contributed by atoms with Gasteiger partial charge in [-0.15, -0.1) is 0 Å². The normalized spacial score (nSPS) is 24.7. The van der Waals surface area contributed by atoms with E-state index in [4.69, 9.17) is 9.47 Å². The number of benzene rings is 1. The zero-order valence-electron chi connectivity index (χ0n) is 19.8. The van der Waals surface area contributed by atoms with Crippen molar-refractivity contribution in [3.05, 3.63) is 53.1 Å². The molecule has 0 bridgehead atoms. The Labute approximate surface area is 188 Å². The maximum Gasteiger partial charge on any atom is 0.339 e. The van der Waals surface area contributed by atoms with E-state index in [9.17, 15) is 4.79 Å². The molecule has 2 aliphatic rings. The Hall–Kier alpha value is -1.87. The van der Waals surface area contributed by atoms with E-state index in [1.165, 1.54) is 17.5 Å². The summed E-state index contributed by atoms with van der Waals surface area (Å²) in [6, 6.07) is 8.42. The van der Waals surface area contributed by atoms with Gasteiger partial charge in [0.2, 0.25) is 0 Å². The number of fused-ring (bicyclic) bond motifs is 1. The van der Waals surface area contributed by atoms with Gasteiger partial charge in [-0.05, 0) is 66.6 Å². The molecule has 0 N–H and O–H groups in total. The van der Waals surface area contributed by atoms with Gasteiger partial charge in [-0.3, -0.25) is 0 Å². The van der Waals surface area contributed by atoms with Crippen LogP contribution in [0.3, 0.4) is 0 Å². The molecular formula is C28H40O3. The lowest BCUT2D eigenvalue weighted by Crippen LogP contribution is -2.40. The maximum atomic E-state index is 13.4. The number of aryl methyl sites for hydroxylation is 1. The zero-order valence-corrected chi connectivity index (χ0v) is 19.8. The summed E-state index contributed by atoms with van der Waals surface area (Å²) in [7, 11) is 0. The van der Waals surface area contributed by atoms with E-state index in [2.05, 4.69) is 64.1 Å². The van der Waals surface area contributed by atoms with Crippen molar-refractivity contribution in [3.63, 3.8) is 0 Å². The highest BCUT2D eigenvalue weighted by molar-refractivity contribution is 5.81. The smallest absolute Gasteiger partial charge is 0.339 e. The number of allylic oxidation sites excluding steroid dienone is 1. The van der Waals surface area contributed by atoms with Crippen LogP contribution < -0.4 is 0 Å². The van der Waals surface area contributed by atoms with E-state index < -0.39 is 6.10 Å². The molecule has 0 saturated heterocycles. The first-order chi connectivity index (χ1) is 15.0. The van der Waals surface area contributed by atoms with E-state index in [-0.39, 0.29) is 12.1 Å². The number of ether oxygens (including phenoxy) is 2. The van der Waals surface area contributed by atoms with Crippen LogP contribution in [-0.4, -0.2) is 24.8 Å². The van der Waals surface area contributed by atoms with Crippen molar-refractivity contribution in [2.75, 3.05) is 6.61 Å². The number of rotatable bonds is 9. The Bertz CT molecular complexity index is 776. The maximum absolute atomic E-state index is 13.4. The highest BCUT2D eigenvalue weighted by Gasteiger charge is 2.36. The minimum atomic E-state index is -0.621. The van der Waals surface area contributed by atoms with Gasteiger partial charge in [0, 0.05) is 0 Å². The molecule has 0 radical (unpaired) electrons.